The molecule has 0 atom stereocenters. The summed E-state index contributed by atoms with van der Waals surface area (Å²) in [4.78, 5) is 11.5. The highest BCUT2D eigenvalue weighted by atomic mass is 19.4. The second kappa shape index (κ2) is 6.25. The molecule has 3 heterocycles. The Balaban J connectivity index is 1.93. The summed E-state index contributed by atoms with van der Waals surface area (Å²) in [5.74, 6) is 0.409. The molecule has 2 aliphatic rings. The topological polar surface area (TPSA) is 50.7 Å². The van der Waals surface area contributed by atoms with E-state index in [4.69, 9.17) is 9.47 Å². The Morgan fingerprint density at radius 1 is 0.864 bits per heavy atom. The molecule has 0 aromatic carbocycles. The van der Waals surface area contributed by atoms with E-state index < -0.39 is 11.9 Å². The quantitative estimate of drug-likeness (QED) is 0.816. The molecule has 1 aromatic heterocycles. The third-order valence-corrected chi connectivity index (χ3v) is 3.62. The van der Waals surface area contributed by atoms with Crippen LogP contribution in [0.2, 0.25) is 0 Å². The summed E-state index contributed by atoms with van der Waals surface area (Å²) in [6.07, 6.45) is -4.50. The van der Waals surface area contributed by atoms with Gasteiger partial charge in [0.1, 0.15) is 5.82 Å². The summed E-state index contributed by atoms with van der Waals surface area (Å²) < 4.78 is 49.8. The molecule has 0 spiro atoms. The second-order valence-electron chi connectivity index (χ2n) is 5.11. The summed E-state index contributed by atoms with van der Waals surface area (Å²) in [7, 11) is 0. The zero-order valence-electron chi connectivity index (χ0n) is 12.0. The number of hydrogen-bond acceptors (Lipinski definition) is 6. The lowest BCUT2D eigenvalue weighted by molar-refractivity contribution is -0.141. The number of halogens is 3. The minimum Gasteiger partial charge on any atom is -0.378 e. The third kappa shape index (κ3) is 3.41. The summed E-state index contributed by atoms with van der Waals surface area (Å²) in [6, 6.07) is 1.01. The maximum absolute atomic E-state index is 13.1. The van der Waals surface area contributed by atoms with E-state index in [2.05, 4.69) is 9.97 Å². The highest BCUT2D eigenvalue weighted by Gasteiger charge is 2.35. The molecule has 0 radical (unpaired) electrons. The van der Waals surface area contributed by atoms with Crippen molar-refractivity contribution < 1.29 is 22.6 Å². The largest absolute Gasteiger partial charge is 0.433 e. The molecule has 6 nitrogen and oxygen atoms in total. The molecule has 3 rings (SSSR count). The fourth-order valence-electron chi connectivity index (χ4n) is 2.43. The highest BCUT2D eigenvalue weighted by molar-refractivity contribution is 5.47. The molecule has 2 aliphatic heterocycles. The molecule has 0 amide bonds. The van der Waals surface area contributed by atoms with Gasteiger partial charge in [-0.2, -0.15) is 18.2 Å². The van der Waals surface area contributed by atoms with Crippen LogP contribution < -0.4 is 9.80 Å². The summed E-state index contributed by atoms with van der Waals surface area (Å²) in [5, 5.41) is 0. The summed E-state index contributed by atoms with van der Waals surface area (Å²) in [5.41, 5.74) is -0.912. The Kier molecular flexibility index (Phi) is 4.34. The van der Waals surface area contributed by atoms with Crippen LogP contribution >= 0.6 is 0 Å². The SMILES string of the molecule is FC(F)(F)c1cc(N2CCOCC2)nc(N2CCOCC2)n1. The first kappa shape index (κ1) is 15.3. The van der Waals surface area contributed by atoms with E-state index in [-0.39, 0.29) is 5.95 Å². The minimum absolute atomic E-state index is 0.111. The van der Waals surface area contributed by atoms with Crippen LogP contribution in [0.4, 0.5) is 24.9 Å². The normalized spacial score (nSPS) is 20.3. The van der Waals surface area contributed by atoms with Crippen molar-refractivity contribution in [3.63, 3.8) is 0 Å². The van der Waals surface area contributed by atoms with Gasteiger partial charge >= 0.3 is 6.18 Å². The zero-order chi connectivity index (χ0) is 15.6. The standard InChI is InChI=1S/C13H17F3N4O2/c14-13(15,16)10-9-11(19-1-5-21-6-2-19)18-12(17-10)20-3-7-22-8-4-20/h9H,1-8H2. The molecule has 1 aromatic rings. The van der Waals surface area contributed by atoms with Crippen molar-refractivity contribution in [1.29, 1.82) is 0 Å². The Morgan fingerprint density at radius 3 is 1.95 bits per heavy atom. The molecule has 0 aliphatic carbocycles. The van der Waals surface area contributed by atoms with Crippen LogP contribution in [0.3, 0.4) is 0 Å². The van der Waals surface area contributed by atoms with E-state index in [1.807, 2.05) is 0 Å². The van der Waals surface area contributed by atoms with Crippen molar-refractivity contribution >= 4 is 11.8 Å². The molecule has 122 valence electrons. The van der Waals surface area contributed by atoms with Gasteiger partial charge in [-0.05, 0) is 0 Å². The number of nitrogens with zero attached hydrogens (tertiary/aromatic N) is 4. The van der Waals surface area contributed by atoms with Crippen molar-refractivity contribution in [2.45, 2.75) is 6.18 Å². The first-order chi connectivity index (χ1) is 10.5. The van der Waals surface area contributed by atoms with Gasteiger partial charge in [-0.3, -0.25) is 0 Å². The number of morpholine rings is 2. The van der Waals surface area contributed by atoms with Gasteiger partial charge in [0.25, 0.3) is 0 Å². The Morgan fingerprint density at radius 2 is 1.41 bits per heavy atom. The fraction of sp³-hybridized carbons (Fsp3) is 0.692. The number of anilines is 2. The molecular weight excluding hydrogens is 301 g/mol. The fourth-order valence-corrected chi connectivity index (χ4v) is 2.43. The molecule has 9 heteroatoms. The molecule has 2 fully saturated rings. The number of ether oxygens (including phenoxy) is 2. The van der Waals surface area contributed by atoms with Gasteiger partial charge in [-0.1, -0.05) is 0 Å². The lowest BCUT2D eigenvalue weighted by Crippen LogP contribution is -2.40. The average Bonchev–Trinajstić information content (AvgIpc) is 2.55. The van der Waals surface area contributed by atoms with Crippen LogP contribution in [-0.2, 0) is 15.7 Å². The van der Waals surface area contributed by atoms with Gasteiger partial charge in [0, 0.05) is 32.2 Å². The smallest absolute Gasteiger partial charge is 0.378 e. The Hall–Kier alpha value is -1.61. The number of alkyl halides is 3. The lowest BCUT2D eigenvalue weighted by atomic mass is 10.3. The van der Waals surface area contributed by atoms with Gasteiger partial charge < -0.3 is 19.3 Å². The van der Waals surface area contributed by atoms with Gasteiger partial charge in [-0.25, -0.2) is 4.98 Å². The third-order valence-electron chi connectivity index (χ3n) is 3.62. The molecule has 22 heavy (non-hydrogen) atoms. The maximum Gasteiger partial charge on any atom is 0.433 e. The second-order valence-corrected chi connectivity index (χ2v) is 5.11. The minimum atomic E-state index is -4.50. The van der Waals surface area contributed by atoms with Crippen LogP contribution in [-0.4, -0.2) is 62.6 Å². The predicted molar refractivity (Wildman–Crippen MR) is 73.1 cm³/mol. The number of hydrogen-bond donors (Lipinski definition) is 0. The maximum atomic E-state index is 13.1. The van der Waals surface area contributed by atoms with Crippen LogP contribution in [0.25, 0.3) is 0 Å². The molecule has 0 N–H and O–H groups in total. The van der Waals surface area contributed by atoms with E-state index in [9.17, 15) is 13.2 Å². The Labute approximate surface area is 125 Å². The van der Waals surface area contributed by atoms with Crippen molar-refractivity contribution in [1.82, 2.24) is 9.97 Å². The van der Waals surface area contributed by atoms with Crippen molar-refractivity contribution in [3.8, 4) is 0 Å². The van der Waals surface area contributed by atoms with E-state index in [1.54, 1.807) is 9.80 Å². The summed E-state index contributed by atoms with van der Waals surface area (Å²) in [6.45, 7) is 3.93. The first-order valence-electron chi connectivity index (χ1n) is 7.16. The monoisotopic (exact) mass is 318 g/mol. The van der Waals surface area contributed by atoms with E-state index in [0.717, 1.165) is 6.07 Å². The van der Waals surface area contributed by atoms with Crippen LogP contribution in [0.15, 0.2) is 6.07 Å². The average molecular weight is 318 g/mol. The van der Waals surface area contributed by atoms with Crippen LogP contribution in [0, 0.1) is 0 Å². The van der Waals surface area contributed by atoms with Gasteiger partial charge in [0.05, 0.1) is 26.4 Å². The van der Waals surface area contributed by atoms with Crippen molar-refractivity contribution in [2.75, 3.05) is 62.4 Å². The number of rotatable bonds is 2. The lowest BCUT2D eigenvalue weighted by Gasteiger charge is -2.31. The van der Waals surface area contributed by atoms with Gasteiger partial charge in [0.2, 0.25) is 5.95 Å². The highest BCUT2D eigenvalue weighted by Crippen LogP contribution is 2.31. The summed E-state index contributed by atoms with van der Waals surface area (Å²) >= 11 is 0. The van der Waals surface area contributed by atoms with Crippen molar-refractivity contribution in [3.05, 3.63) is 11.8 Å². The van der Waals surface area contributed by atoms with Crippen LogP contribution in [0.5, 0.6) is 0 Å². The molecule has 0 saturated carbocycles. The number of aromatic nitrogens is 2. The van der Waals surface area contributed by atoms with Gasteiger partial charge in [-0.15, -0.1) is 0 Å². The first-order valence-corrected chi connectivity index (χ1v) is 7.16. The predicted octanol–water partition coefficient (Wildman–Crippen LogP) is 1.17. The van der Waals surface area contributed by atoms with E-state index in [1.165, 1.54) is 0 Å². The Bertz CT molecular complexity index is 478. The van der Waals surface area contributed by atoms with Crippen LogP contribution in [0.1, 0.15) is 5.69 Å². The van der Waals surface area contributed by atoms with E-state index in [0.29, 0.717) is 58.4 Å². The molecule has 2 saturated heterocycles. The van der Waals surface area contributed by atoms with E-state index >= 15 is 0 Å². The molecule has 0 bridgehead atoms. The van der Waals surface area contributed by atoms with Gasteiger partial charge in [0.15, 0.2) is 5.69 Å². The molecular formula is C13H17F3N4O2. The zero-order valence-corrected chi connectivity index (χ0v) is 12.0. The molecule has 0 unspecified atom stereocenters. The van der Waals surface area contributed by atoms with Crippen molar-refractivity contribution in [2.24, 2.45) is 0 Å².